The summed E-state index contributed by atoms with van der Waals surface area (Å²) in [5.41, 5.74) is 1.87. The number of nitrogens with one attached hydrogen (secondary N) is 1. The molecule has 0 aromatic rings. The molecule has 0 unspecified atom stereocenters. The number of aliphatic imine (C=N–C) groups is 1. The van der Waals surface area contributed by atoms with Gasteiger partial charge in [-0.05, 0) is 18.2 Å². The Balaban J connectivity index is 2.64. The van der Waals surface area contributed by atoms with Crippen LogP contribution in [0.15, 0.2) is 29.0 Å². The molecule has 0 bridgehead atoms. The van der Waals surface area contributed by atoms with Crippen LogP contribution in [0.1, 0.15) is 6.42 Å². The Morgan fingerprint density at radius 2 is 2.33 bits per heavy atom. The molecule has 64 valence electrons. The number of aliphatic hydroxyl groups excluding tert-OH is 1. The zero-order chi connectivity index (χ0) is 8.97. The monoisotopic (exact) mass is 168 g/mol. The van der Waals surface area contributed by atoms with E-state index in [2.05, 4.69) is 4.99 Å². The number of hydrogen-bond donors (Lipinski definition) is 3. The van der Waals surface area contributed by atoms with Crippen LogP contribution in [0.3, 0.4) is 0 Å². The molecule has 3 N–H and O–H groups in total. The average molecular weight is 168 g/mol. The van der Waals surface area contributed by atoms with Gasteiger partial charge in [-0.25, -0.2) is 10.3 Å². The van der Waals surface area contributed by atoms with Crippen LogP contribution < -0.4 is 5.48 Å². The zero-order valence-electron chi connectivity index (χ0n) is 6.19. The summed E-state index contributed by atoms with van der Waals surface area (Å²) >= 11 is 0. The molecule has 0 saturated heterocycles. The summed E-state index contributed by atoms with van der Waals surface area (Å²) in [4.78, 5) is 14.0. The van der Waals surface area contributed by atoms with Crippen molar-refractivity contribution in [3.63, 3.8) is 0 Å². The first kappa shape index (κ1) is 8.48. The first-order chi connectivity index (χ1) is 5.72. The minimum absolute atomic E-state index is 0.151. The molecular weight excluding hydrogens is 160 g/mol. The maximum absolute atomic E-state index is 10.5. The number of nitrogens with zero attached hydrogens (tertiary/aromatic N) is 1. The van der Waals surface area contributed by atoms with E-state index in [9.17, 15) is 4.79 Å². The van der Waals surface area contributed by atoms with Gasteiger partial charge in [0, 0.05) is 6.42 Å². The summed E-state index contributed by atoms with van der Waals surface area (Å²) in [7, 11) is 0. The second kappa shape index (κ2) is 3.68. The molecule has 5 heteroatoms. The van der Waals surface area contributed by atoms with Crippen LogP contribution in [0.4, 0.5) is 4.79 Å². The van der Waals surface area contributed by atoms with E-state index in [1.54, 1.807) is 0 Å². The summed E-state index contributed by atoms with van der Waals surface area (Å²) in [5, 5.41) is 17.0. The van der Waals surface area contributed by atoms with Crippen molar-refractivity contribution in [2.24, 2.45) is 4.99 Å². The number of carbonyl (C=O) groups excluding carboxylic acids is 1. The molecule has 12 heavy (non-hydrogen) atoms. The SMILES string of the molecule is O=C(N=C1C=CC(O)=CC1)NO. The van der Waals surface area contributed by atoms with Crippen LogP contribution in [-0.2, 0) is 0 Å². The van der Waals surface area contributed by atoms with Gasteiger partial charge in [-0.15, -0.1) is 0 Å². The van der Waals surface area contributed by atoms with Gasteiger partial charge >= 0.3 is 6.03 Å². The summed E-state index contributed by atoms with van der Waals surface area (Å²) in [6.45, 7) is 0. The third-order valence-electron chi connectivity index (χ3n) is 1.31. The Kier molecular flexibility index (Phi) is 2.60. The molecule has 0 aliphatic heterocycles. The topological polar surface area (TPSA) is 81.9 Å². The molecule has 0 atom stereocenters. The molecule has 0 spiro atoms. The van der Waals surface area contributed by atoms with Crippen molar-refractivity contribution in [1.82, 2.24) is 5.48 Å². The Morgan fingerprint density at radius 3 is 2.83 bits per heavy atom. The normalized spacial score (nSPS) is 19.1. The van der Waals surface area contributed by atoms with E-state index < -0.39 is 6.03 Å². The van der Waals surface area contributed by atoms with Crippen molar-refractivity contribution in [3.8, 4) is 0 Å². The van der Waals surface area contributed by atoms with Crippen molar-refractivity contribution in [2.45, 2.75) is 6.42 Å². The molecule has 5 nitrogen and oxygen atoms in total. The van der Waals surface area contributed by atoms with Crippen LogP contribution in [0, 0.1) is 0 Å². The summed E-state index contributed by atoms with van der Waals surface area (Å²) in [5.74, 6) is 0.151. The molecule has 2 amide bonds. The van der Waals surface area contributed by atoms with E-state index in [-0.39, 0.29) is 5.76 Å². The lowest BCUT2D eigenvalue weighted by atomic mass is 10.1. The van der Waals surface area contributed by atoms with Crippen LogP contribution in [-0.4, -0.2) is 22.1 Å². The maximum Gasteiger partial charge on any atom is 0.364 e. The number of urea groups is 1. The number of allylic oxidation sites excluding steroid dienone is 3. The minimum atomic E-state index is -0.815. The number of carbonyl (C=O) groups is 1. The number of amides is 2. The second-order valence-corrected chi connectivity index (χ2v) is 2.19. The number of aliphatic hydroxyl groups is 1. The van der Waals surface area contributed by atoms with Crippen molar-refractivity contribution in [1.29, 1.82) is 0 Å². The van der Waals surface area contributed by atoms with Gasteiger partial charge < -0.3 is 5.11 Å². The fraction of sp³-hybridized carbons (Fsp3) is 0.143. The van der Waals surface area contributed by atoms with E-state index in [1.165, 1.54) is 23.7 Å². The highest BCUT2D eigenvalue weighted by Crippen LogP contribution is 2.04. The van der Waals surface area contributed by atoms with Gasteiger partial charge in [0.15, 0.2) is 0 Å². The smallest absolute Gasteiger partial charge is 0.364 e. The standard InChI is InChI=1S/C7H8N2O3/c10-6-3-1-5(2-4-6)8-7(11)9-12/h1,3-4,10,12H,2H2,(H,9,11). The van der Waals surface area contributed by atoms with Crippen LogP contribution in [0.5, 0.6) is 0 Å². The van der Waals surface area contributed by atoms with E-state index in [4.69, 9.17) is 10.3 Å². The summed E-state index contributed by atoms with van der Waals surface area (Å²) < 4.78 is 0. The predicted octanol–water partition coefficient (Wildman–Crippen LogP) is 0.928. The number of rotatable bonds is 0. The lowest BCUT2D eigenvalue weighted by Gasteiger charge is -2.01. The van der Waals surface area contributed by atoms with Gasteiger partial charge in [0.2, 0.25) is 0 Å². The van der Waals surface area contributed by atoms with Crippen molar-refractivity contribution in [3.05, 3.63) is 24.0 Å². The first-order valence-electron chi connectivity index (χ1n) is 3.31. The van der Waals surface area contributed by atoms with E-state index in [1.807, 2.05) is 0 Å². The molecule has 0 fully saturated rings. The predicted molar refractivity (Wildman–Crippen MR) is 42.2 cm³/mol. The van der Waals surface area contributed by atoms with Gasteiger partial charge in [0.25, 0.3) is 0 Å². The number of hydrogen-bond acceptors (Lipinski definition) is 3. The minimum Gasteiger partial charge on any atom is -0.508 e. The van der Waals surface area contributed by atoms with Crippen LogP contribution in [0.2, 0.25) is 0 Å². The largest absolute Gasteiger partial charge is 0.508 e. The Morgan fingerprint density at radius 1 is 1.58 bits per heavy atom. The fourth-order valence-electron chi connectivity index (χ4n) is 0.765. The van der Waals surface area contributed by atoms with Gasteiger partial charge in [0.05, 0.1) is 5.71 Å². The molecule has 1 rings (SSSR count). The Hall–Kier alpha value is -1.62. The van der Waals surface area contributed by atoms with Gasteiger partial charge in [0.1, 0.15) is 5.76 Å². The Bertz CT molecular complexity index is 278. The third-order valence-corrected chi connectivity index (χ3v) is 1.31. The van der Waals surface area contributed by atoms with E-state index >= 15 is 0 Å². The molecular formula is C7H8N2O3. The van der Waals surface area contributed by atoms with Crippen LogP contribution >= 0.6 is 0 Å². The lowest BCUT2D eigenvalue weighted by molar-refractivity contribution is 0.169. The molecule has 0 radical (unpaired) electrons. The fourth-order valence-corrected chi connectivity index (χ4v) is 0.765. The summed E-state index contributed by atoms with van der Waals surface area (Å²) in [6, 6.07) is -0.815. The van der Waals surface area contributed by atoms with Gasteiger partial charge in [-0.1, -0.05) is 0 Å². The van der Waals surface area contributed by atoms with E-state index in [0.29, 0.717) is 12.1 Å². The van der Waals surface area contributed by atoms with Gasteiger partial charge in [-0.2, -0.15) is 4.99 Å². The average Bonchev–Trinajstić information content (AvgIpc) is 2.09. The third kappa shape index (κ3) is 2.21. The van der Waals surface area contributed by atoms with Crippen molar-refractivity contribution < 1.29 is 15.1 Å². The highest BCUT2D eigenvalue weighted by molar-refractivity contribution is 6.03. The quantitative estimate of drug-likeness (QED) is 0.371. The lowest BCUT2D eigenvalue weighted by Crippen LogP contribution is -2.16. The number of hydroxylamine groups is 1. The first-order valence-corrected chi connectivity index (χ1v) is 3.31. The molecule has 0 saturated carbocycles. The molecule has 0 heterocycles. The highest BCUT2D eigenvalue weighted by Gasteiger charge is 2.02. The van der Waals surface area contributed by atoms with Crippen molar-refractivity contribution in [2.75, 3.05) is 0 Å². The van der Waals surface area contributed by atoms with E-state index in [0.717, 1.165) is 0 Å². The zero-order valence-corrected chi connectivity index (χ0v) is 6.19. The second-order valence-electron chi connectivity index (χ2n) is 2.19. The molecule has 1 aliphatic carbocycles. The molecule has 0 aromatic heterocycles. The Labute approximate surface area is 68.7 Å². The van der Waals surface area contributed by atoms with Gasteiger partial charge in [-0.3, -0.25) is 5.21 Å². The highest BCUT2D eigenvalue weighted by atomic mass is 16.5. The summed E-state index contributed by atoms with van der Waals surface area (Å²) in [6.07, 6.45) is 4.83. The van der Waals surface area contributed by atoms with Crippen molar-refractivity contribution >= 4 is 11.7 Å². The molecule has 1 aliphatic rings. The van der Waals surface area contributed by atoms with Crippen LogP contribution in [0.25, 0.3) is 0 Å². The molecule has 0 aromatic carbocycles. The maximum atomic E-state index is 10.5.